The molecular weight excluding hydrogens is 797 g/mol. The minimum atomic E-state index is -1.10. The van der Waals surface area contributed by atoms with Crippen LogP contribution in [0, 0.1) is 5.92 Å². The lowest BCUT2D eigenvalue weighted by Gasteiger charge is -2.28. The molecule has 3 fully saturated rings. The predicted octanol–water partition coefficient (Wildman–Crippen LogP) is 3.51. The van der Waals surface area contributed by atoms with Gasteiger partial charge in [-0.2, -0.15) is 0 Å². The molecule has 1 aromatic carbocycles. The number of carbonyl (C=O) groups excluding carboxylic acids is 7. The molecule has 6 N–H and O–H groups in total. The van der Waals surface area contributed by atoms with Gasteiger partial charge in [0.05, 0.1) is 27.9 Å². The fourth-order valence-electron chi connectivity index (χ4n) is 8.01. The smallest absolute Gasteiger partial charge is 0.266 e. The zero-order chi connectivity index (χ0) is 43.2. The van der Waals surface area contributed by atoms with Crippen LogP contribution in [-0.4, -0.2) is 99.0 Å². The van der Waals surface area contributed by atoms with Crippen LogP contribution >= 0.6 is 0 Å². The first-order valence-corrected chi connectivity index (χ1v) is 21.2. The molecule has 3 aromatic heterocycles. The van der Waals surface area contributed by atoms with E-state index in [2.05, 4.69) is 46.9 Å². The van der Waals surface area contributed by atoms with Crippen LogP contribution in [0.4, 0.5) is 17.3 Å². The standard InChI is InChI=1S/C44H48N10O8/c55-37-16-14-33(42(59)53-37)54-43(60)29-5-4-6-34(39(29)44(54)61)62-24-38(56)46-18-2-1-3-19-47-40(57)25-7-10-28(11-8-25)50-41(58)30-23-48-36(21-32(30)49-27-12-13-27)52-35-15-9-26-22-45-20-17-31(26)51-35/h4-6,9,15,17,20-23,25,27-28,33H,1-3,7-8,10-14,16,18-19,24H2,(H,46,56)(H,47,57)(H,50,58)(H,53,55,59)(H2,48,49,51,52). The number of benzene rings is 1. The molecule has 4 aliphatic rings. The lowest BCUT2D eigenvalue weighted by molar-refractivity contribution is -0.136. The van der Waals surface area contributed by atoms with Crippen LogP contribution < -0.4 is 36.6 Å². The Balaban J connectivity index is 0.712. The number of piperidine rings is 1. The zero-order valence-electron chi connectivity index (χ0n) is 34.0. The highest BCUT2D eigenvalue weighted by atomic mass is 16.5. The van der Waals surface area contributed by atoms with Crippen molar-refractivity contribution in [3.63, 3.8) is 0 Å². The largest absolute Gasteiger partial charge is 0.483 e. The Morgan fingerprint density at radius 1 is 0.823 bits per heavy atom. The van der Waals surface area contributed by atoms with Crippen LogP contribution in [0.2, 0.25) is 0 Å². The Kier molecular flexibility index (Phi) is 12.6. The van der Waals surface area contributed by atoms with Crippen molar-refractivity contribution in [2.75, 3.05) is 30.3 Å². The van der Waals surface area contributed by atoms with Gasteiger partial charge in [-0.1, -0.05) is 6.07 Å². The first-order valence-electron chi connectivity index (χ1n) is 21.2. The number of unbranched alkanes of at least 4 members (excludes halogenated alkanes) is 2. The molecule has 0 radical (unpaired) electrons. The number of hydrogen-bond donors (Lipinski definition) is 6. The van der Waals surface area contributed by atoms with E-state index in [1.54, 1.807) is 18.6 Å². The fourth-order valence-corrected chi connectivity index (χ4v) is 8.01. The second kappa shape index (κ2) is 18.7. The van der Waals surface area contributed by atoms with Crippen molar-refractivity contribution in [1.82, 2.24) is 41.1 Å². The molecule has 2 aliphatic carbocycles. The van der Waals surface area contributed by atoms with Crippen molar-refractivity contribution in [1.29, 1.82) is 0 Å². The number of aromatic nitrogens is 3. The number of nitrogens with one attached hydrogen (secondary N) is 6. The van der Waals surface area contributed by atoms with Crippen LogP contribution in [0.1, 0.15) is 102 Å². The highest BCUT2D eigenvalue weighted by molar-refractivity contribution is 6.24. The Morgan fingerprint density at radius 2 is 1.61 bits per heavy atom. The lowest BCUT2D eigenvalue weighted by Crippen LogP contribution is -2.54. The molecule has 322 valence electrons. The Labute approximate surface area is 356 Å². The third kappa shape index (κ3) is 9.80. The molecular formula is C44H48N10O8. The molecule has 18 nitrogen and oxygen atoms in total. The fraction of sp³-hybridized carbons (Fsp3) is 0.409. The summed E-state index contributed by atoms with van der Waals surface area (Å²) < 4.78 is 5.64. The number of ether oxygens (including phenoxy) is 1. The maximum atomic E-state index is 13.5. The Hall–Kier alpha value is -6.98. The number of rotatable bonds is 17. The van der Waals surface area contributed by atoms with Gasteiger partial charge in [0.2, 0.25) is 17.7 Å². The Morgan fingerprint density at radius 3 is 2.40 bits per heavy atom. The van der Waals surface area contributed by atoms with Gasteiger partial charge in [-0.3, -0.25) is 48.8 Å². The second-order valence-corrected chi connectivity index (χ2v) is 16.1. The van der Waals surface area contributed by atoms with E-state index in [1.807, 2.05) is 24.3 Å². The van der Waals surface area contributed by atoms with Crippen molar-refractivity contribution in [3.8, 4) is 5.75 Å². The molecule has 1 atom stereocenters. The summed E-state index contributed by atoms with van der Waals surface area (Å²) in [5.41, 5.74) is 2.04. The summed E-state index contributed by atoms with van der Waals surface area (Å²) in [6.45, 7) is 0.510. The van der Waals surface area contributed by atoms with Gasteiger partial charge in [-0.25, -0.2) is 9.97 Å². The van der Waals surface area contributed by atoms with E-state index in [0.717, 1.165) is 41.5 Å². The number of nitrogens with zero attached hydrogens (tertiary/aromatic N) is 4. The van der Waals surface area contributed by atoms with Crippen molar-refractivity contribution in [2.45, 2.75) is 88.8 Å². The molecule has 2 saturated carbocycles. The maximum absolute atomic E-state index is 13.5. The van der Waals surface area contributed by atoms with E-state index in [1.165, 1.54) is 18.2 Å². The van der Waals surface area contributed by atoms with Gasteiger partial charge in [0.1, 0.15) is 23.4 Å². The zero-order valence-corrected chi connectivity index (χ0v) is 34.0. The average molecular weight is 845 g/mol. The van der Waals surface area contributed by atoms with Gasteiger partial charge in [0, 0.05) is 67.6 Å². The molecule has 4 aromatic rings. The number of fused-ring (bicyclic) bond motifs is 2. The van der Waals surface area contributed by atoms with Gasteiger partial charge in [-0.15, -0.1) is 0 Å². The summed E-state index contributed by atoms with van der Waals surface area (Å²) in [7, 11) is 0. The highest BCUT2D eigenvalue weighted by Gasteiger charge is 2.46. The maximum Gasteiger partial charge on any atom is 0.266 e. The first kappa shape index (κ1) is 41.7. The van der Waals surface area contributed by atoms with Crippen molar-refractivity contribution in [3.05, 3.63) is 77.7 Å². The summed E-state index contributed by atoms with van der Waals surface area (Å²) in [5.74, 6) is -2.01. The number of amides is 7. The van der Waals surface area contributed by atoms with Crippen molar-refractivity contribution >= 4 is 69.6 Å². The monoisotopic (exact) mass is 844 g/mol. The van der Waals surface area contributed by atoms with E-state index in [0.29, 0.717) is 74.1 Å². The number of imide groups is 2. The predicted molar refractivity (Wildman–Crippen MR) is 225 cm³/mol. The van der Waals surface area contributed by atoms with E-state index in [9.17, 15) is 33.6 Å². The van der Waals surface area contributed by atoms with Crippen molar-refractivity contribution < 1.29 is 38.3 Å². The van der Waals surface area contributed by atoms with Gasteiger partial charge >= 0.3 is 0 Å². The van der Waals surface area contributed by atoms with Crippen LogP contribution in [0.25, 0.3) is 10.9 Å². The number of hydrogen-bond acceptors (Lipinski definition) is 13. The normalized spacial score (nSPS) is 19.7. The van der Waals surface area contributed by atoms with E-state index >= 15 is 0 Å². The number of carbonyl (C=O) groups is 7. The first-order chi connectivity index (χ1) is 30.1. The molecule has 1 saturated heterocycles. The minimum Gasteiger partial charge on any atom is -0.483 e. The number of anilines is 3. The van der Waals surface area contributed by atoms with Gasteiger partial charge in [0.25, 0.3) is 23.6 Å². The summed E-state index contributed by atoms with van der Waals surface area (Å²) in [5, 5.41) is 18.8. The van der Waals surface area contributed by atoms with Crippen LogP contribution in [0.5, 0.6) is 5.75 Å². The molecule has 2 aliphatic heterocycles. The molecule has 7 amide bonds. The minimum absolute atomic E-state index is 0.00739. The number of pyridine rings is 3. The molecule has 1 unspecified atom stereocenters. The van der Waals surface area contributed by atoms with Gasteiger partial charge in [-0.05, 0) is 94.5 Å². The topological polar surface area (TPSA) is 243 Å². The molecule has 0 spiro atoms. The summed E-state index contributed by atoms with van der Waals surface area (Å²) >= 11 is 0. The summed E-state index contributed by atoms with van der Waals surface area (Å²) in [6, 6.07) is 11.1. The van der Waals surface area contributed by atoms with Crippen LogP contribution in [-0.2, 0) is 19.2 Å². The quantitative estimate of drug-likeness (QED) is 0.0660. The molecule has 0 bridgehead atoms. The molecule has 5 heterocycles. The highest BCUT2D eigenvalue weighted by Crippen LogP contribution is 2.34. The third-order valence-electron chi connectivity index (χ3n) is 11.5. The van der Waals surface area contributed by atoms with E-state index in [-0.39, 0.29) is 60.1 Å². The second-order valence-electron chi connectivity index (χ2n) is 16.1. The van der Waals surface area contributed by atoms with Gasteiger partial charge in [0.15, 0.2) is 6.61 Å². The van der Waals surface area contributed by atoms with Crippen molar-refractivity contribution in [2.24, 2.45) is 5.92 Å². The van der Waals surface area contributed by atoms with Gasteiger partial charge < -0.3 is 31.3 Å². The lowest BCUT2D eigenvalue weighted by atomic mass is 9.85. The third-order valence-corrected chi connectivity index (χ3v) is 11.5. The molecule has 8 rings (SSSR count). The summed E-state index contributed by atoms with van der Waals surface area (Å²) in [6.07, 6.45) is 12.1. The van der Waals surface area contributed by atoms with E-state index in [4.69, 9.17) is 4.74 Å². The average Bonchev–Trinajstić information content (AvgIpc) is 4.05. The van der Waals surface area contributed by atoms with Crippen LogP contribution in [0.3, 0.4) is 0 Å². The summed E-state index contributed by atoms with van der Waals surface area (Å²) in [4.78, 5) is 103. The SMILES string of the molecule is O=C(COc1cccc2c1C(=O)N(C1CCC(=O)NC1=O)C2=O)NCCCCCNC(=O)C1CCC(NC(=O)c2cnc(Nc3ccc4cnccc4n3)cc2NC2CC2)CC1. The molecule has 62 heavy (non-hydrogen) atoms. The molecule has 18 heteroatoms. The van der Waals surface area contributed by atoms with E-state index < -0.39 is 35.6 Å². The van der Waals surface area contributed by atoms with Crippen LogP contribution in [0.15, 0.2) is 61.1 Å². The Bertz CT molecular complexity index is 2410.